The Labute approximate surface area is 139 Å². The summed E-state index contributed by atoms with van der Waals surface area (Å²) in [5.74, 6) is 1.79. The molecule has 124 valence electrons. The van der Waals surface area contributed by atoms with E-state index in [1.807, 2.05) is 24.7 Å². The van der Waals surface area contributed by atoms with Crippen molar-refractivity contribution in [3.8, 4) is 0 Å². The first-order valence-electron chi connectivity index (χ1n) is 8.47. The predicted octanol–water partition coefficient (Wildman–Crippen LogP) is 2.42. The molecule has 2 atom stereocenters. The van der Waals surface area contributed by atoms with Gasteiger partial charge in [0.2, 0.25) is 0 Å². The first kappa shape index (κ1) is 16.1. The molecule has 0 unspecified atom stereocenters. The van der Waals surface area contributed by atoms with Crippen molar-refractivity contribution in [2.75, 3.05) is 27.2 Å². The molecule has 0 radical (unpaired) electrons. The largest absolute Gasteiger partial charge is 0.334 e. The van der Waals surface area contributed by atoms with Crippen molar-refractivity contribution in [3.63, 3.8) is 0 Å². The summed E-state index contributed by atoms with van der Waals surface area (Å²) in [5, 5.41) is 0. The summed E-state index contributed by atoms with van der Waals surface area (Å²) >= 11 is 0. The third-order valence-electron chi connectivity index (χ3n) is 4.90. The van der Waals surface area contributed by atoms with Crippen LogP contribution < -0.4 is 0 Å². The van der Waals surface area contributed by atoms with Gasteiger partial charge in [0.05, 0.1) is 6.54 Å². The van der Waals surface area contributed by atoms with Crippen LogP contribution in [0.15, 0.2) is 36.9 Å². The fraction of sp³-hybridized carbons (Fsp3) is 0.556. The van der Waals surface area contributed by atoms with Crippen LogP contribution in [0.1, 0.15) is 30.8 Å². The molecule has 0 N–H and O–H groups in total. The summed E-state index contributed by atoms with van der Waals surface area (Å²) in [6.45, 7) is 6.28. The molecule has 1 saturated heterocycles. The lowest BCUT2D eigenvalue weighted by molar-refractivity contribution is 0.210. The Morgan fingerprint density at radius 1 is 1.35 bits per heavy atom. The summed E-state index contributed by atoms with van der Waals surface area (Å²) in [6, 6.07) is 4.72. The quantitative estimate of drug-likeness (QED) is 0.821. The molecular weight excluding hydrogens is 286 g/mol. The molecule has 0 saturated carbocycles. The van der Waals surface area contributed by atoms with Gasteiger partial charge >= 0.3 is 0 Å². The molecule has 1 aliphatic rings. The fourth-order valence-corrected chi connectivity index (χ4v) is 3.78. The number of imidazole rings is 1. The fourth-order valence-electron chi connectivity index (χ4n) is 3.78. The molecule has 0 bridgehead atoms. The maximum absolute atomic E-state index is 4.49. The Morgan fingerprint density at radius 3 is 2.96 bits per heavy atom. The lowest BCUT2D eigenvalue weighted by atomic mass is 9.94. The summed E-state index contributed by atoms with van der Waals surface area (Å²) in [4.78, 5) is 13.7. The average Bonchev–Trinajstić information content (AvgIpc) is 3.14. The van der Waals surface area contributed by atoms with Crippen molar-refractivity contribution in [1.29, 1.82) is 0 Å². The minimum Gasteiger partial charge on any atom is -0.334 e. The van der Waals surface area contributed by atoms with E-state index in [0.717, 1.165) is 32.0 Å². The Morgan fingerprint density at radius 2 is 2.22 bits per heavy atom. The van der Waals surface area contributed by atoms with Gasteiger partial charge in [0.25, 0.3) is 0 Å². The molecule has 23 heavy (non-hydrogen) atoms. The highest BCUT2D eigenvalue weighted by atomic mass is 15.2. The molecule has 2 aromatic rings. The lowest BCUT2D eigenvalue weighted by Crippen LogP contribution is -2.30. The van der Waals surface area contributed by atoms with Gasteiger partial charge in [-0.3, -0.25) is 14.8 Å². The topological polar surface area (TPSA) is 37.2 Å². The summed E-state index contributed by atoms with van der Waals surface area (Å²) in [7, 11) is 4.43. The minimum absolute atomic E-state index is 0.470. The van der Waals surface area contributed by atoms with Crippen LogP contribution in [0.4, 0.5) is 0 Å². The molecule has 0 amide bonds. The van der Waals surface area contributed by atoms with Gasteiger partial charge in [-0.1, -0.05) is 6.07 Å². The zero-order valence-corrected chi connectivity index (χ0v) is 14.4. The lowest BCUT2D eigenvalue weighted by Gasteiger charge is -2.28. The first-order chi connectivity index (χ1) is 11.2. The third-order valence-corrected chi connectivity index (χ3v) is 4.90. The average molecular weight is 313 g/mol. The second-order valence-electron chi connectivity index (χ2n) is 6.59. The van der Waals surface area contributed by atoms with Crippen molar-refractivity contribution in [1.82, 2.24) is 24.3 Å². The Hall–Kier alpha value is -1.72. The highest BCUT2D eigenvalue weighted by Gasteiger charge is 2.33. The molecule has 2 aromatic heterocycles. The van der Waals surface area contributed by atoms with Crippen LogP contribution >= 0.6 is 0 Å². The van der Waals surface area contributed by atoms with Gasteiger partial charge in [-0.2, -0.15) is 0 Å². The highest BCUT2D eigenvalue weighted by molar-refractivity contribution is 5.17. The van der Waals surface area contributed by atoms with Crippen LogP contribution in [-0.2, 0) is 13.1 Å². The SMILES string of the molecule is CCn1ccnc1CN(C)C[C@@H]1CCN(C)[C@H]1c1cccnc1. The van der Waals surface area contributed by atoms with Gasteiger partial charge in [-0.25, -0.2) is 4.98 Å². The number of likely N-dealkylation sites (tertiary alicyclic amines) is 1. The second kappa shape index (κ2) is 7.23. The molecule has 1 fully saturated rings. The van der Waals surface area contributed by atoms with E-state index in [1.165, 1.54) is 12.0 Å². The molecular formula is C18H27N5. The monoisotopic (exact) mass is 313 g/mol. The van der Waals surface area contributed by atoms with Gasteiger partial charge < -0.3 is 4.57 Å². The maximum atomic E-state index is 4.49. The van der Waals surface area contributed by atoms with Gasteiger partial charge in [-0.15, -0.1) is 0 Å². The maximum Gasteiger partial charge on any atom is 0.122 e. The molecule has 0 aliphatic carbocycles. The zero-order chi connectivity index (χ0) is 16.2. The van der Waals surface area contributed by atoms with E-state index in [1.54, 1.807) is 0 Å². The molecule has 5 nitrogen and oxygen atoms in total. The number of aryl methyl sites for hydroxylation is 1. The zero-order valence-electron chi connectivity index (χ0n) is 14.4. The summed E-state index contributed by atoms with van der Waals surface area (Å²) in [6.07, 6.45) is 9.06. The van der Waals surface area contributed by atoms with E-state index >= 15 is 0 Å². The van der Waals surface area contributed by atoms with Crippen molar-refractivity contribution < 1.29 is 0 Å². The number of hydrogen-bond donors (Lipinski definition) is 0. The van der Waals surface area contributed by atoms with Crippen molar-refractivity contribution >= 4 is 0 Å². The number of hydrogen-bond acceptors (Lipinski definition) is 4. The number of nitrogens with zero attached hydrogens (tertiary/aromatic N) is 5. The molecule has 0 spiro atoms. The van der Waals surface area contributed by atoms with E-state index in [9.17, 15) is 0 Å². The van der Waals surface area contributed by atoms with Crippen LogP contribution in [0.25, 0.3) is 0 Å². The van der Waals surface area contributed by atoms with Crippen LogP contribution in [0.5, 0.6) is 0 Å². The van der Waals surface area contributed by atoms with Crippen LogP contribution in [0.2, 0.25) is 0 Å². The van der Waals surface area contributed by atoms with Gasteiger partial charge in [-0.05, 0) is 51.5 Å². The van der Waals surface area contributed by atoms with Crippen molar-refractivity contribution in [2.45, 2.75) is 32.5 Å². The molecule has 5 heteroatoms. The van der Waals surface area contributed by atoms with Crippen molar-refractivity contribution in [3.05, 3.63) is 48.3 Å². The predicted molar refractivity (Wildman–Crippen MR) is 92.0 cm³/mol. The first-order valence-corrected chi connectivity index (χ1v) is 8.47. The smallest absolute Gasteiger partial charge is 0.122 e. The van der Waals surface area contributed by atoms with Gasteiger partial charge in [0.1, 0.15) is 5.82 Å². The van der Waals surface area contributed by atoms with Crippen LogP contribution in [0.3, 0.4) is 0 Å². The molecule has 1 aliphatic heterocycles. The van der Waals surface area contributed by atoms with Crippen molar-refractivity contribution in [2.24, 2.45) is 5.92 Å². The standard InChI is InChI=1S/C18H27N5/c1-4-23-11-9-20-17(23)14-21(2)13-16-7-10-22(3)18(16)15-6-5-8-19-12-15/h5-6,8-9,11-12,16,18H,4,7,10,13-14H2,1-3H3/t16-,18-/m0/s1. The molecule has 0 aromatic carbocycles. The molecule has 3 rings (SSSR count). The van der Waals surface area contributed by atoms with E-state index in [-0.39, 0.29) is 0 Å². The minimum atomic E-state index is 0.470. The van der Waals surface area contributed by atoms with E-state index < -0.39 is 0 Å². The van der Waals surface area contributed by atoms with Gasteiger partial charge in [0, 0.05) is 43.9 Å². The van der Waals surface area contributed by atoms with E-state index in [0.29, 0.717) is 12.0 Å². The third kappa shape index (κ3) is 3.62. The summed E-state index contributed by atoms with van der Waals surface area (Å²) < 4.78 is 2.22. The highest BCUT2D eigenvalue weighted by Crippen LogP contribution is 2.36. The number of pyridine rings is 1. The normalized spacial score (nSPS) is 22.1. The van der Waals surface area contributed by atoms with E-state index in [2.05, 4.69) is 57.6 Å². The Balaban J connectivity index is 1.66. The van der Waals surface area contributed by atoms with Crippen LogP contribution in [-0.4, -0.2) is 51.5 Å². The summed E-state index contributed by atoms with van der Waals surface area (Å²) in [5.41, 5.74) is 1.33. The van der Waals surface area contributed by atoms with E-state index in [4.69, 9.17) is 0 Å². The van der Waals surface area contributed by atoms with Crippen LogP contribution in [0, 0.1) is 5.92 Å². The Bertz CT molecular complexity index is 609. The molecule has 3 heterocycles. The number of aromatic nitrogens is 3. The Kier molecular flexibility index (Phi) is 5.08. The number of rotatable bonds is 6. The van der Waals surface area contributed by atoms with Gasteiger partial charge in [0.15, 0.2) is 0 Å². The second-order valence-corrected chi connectivity index (χ2v) is 6.59.